The van der Waals surface area contributed by atoms with Gasteiger partial charge in [0.15, 0.2) is 0 Å². The lowest BCUT2D eigenvalue weighted by atomic mass is 10.1. The van der Waals surface area contributed by atoms with Gasteiger partial charge in [-0.2, -0.15) is 0 Å². The molecule has 0 unspecified atom stereocenters. The molecular formula is C13H20N2O. The van der Waals surface area contributed by atoms with E-state index in [9.17, 15) is 0 Å². The summed E-state index contributed by atoms with van der Waals surface area (Å²) in [5, 5.41) is 3.21. The standard InChI is InChI=1S/C13H20N2O/c1-9(15-2)11-5-6-12(14)13(7-11)16-8-10-3-4-10/h5-7,9-10,15H,3-4,8,14H2,1-2H3/t9-/m1/s1. The first-order valence-corrected chi connectivity index (χ1v) is 5.90. The minimum Gasteiger partial charge on any atom is -0.491 e. The van der Waals surface area contributed by atoms with E-state index in [1.165, 1.54) is 18.4 Å². The lowest BCUT2D eigenvalue weighted by molar-refractivity contribution is 0.301. The molecule has 0 aliphatic heterocycles. The zero-order valence-electron chi connectivity index (χ0n) is 9.99. The van der Waals surface area contributed by atoms with Crippen molar-refractivity contribution in [3.63, 3.8) is 0 Å². The van der Waals surface area contributed by atoms with Crippen LogP contribution in [0.15, 0.2) is 18.2 Å². The van der Waals surface area contributed by atoms with Gasteiger partial charge in [-0.15, -0.1) is 0 Å². The summed E-state index contributed by atoms with van der Waals surface area (Å²) in [6, 6.07) is 6.33. The summed E-state index contributed by atoms with van der Waals surface area (Å²) in [6.07, 6.45) is 2.60. The Morgan fingerprint density at radius 1 is 1.50 bits per heavy atom. The molecule has 3 N–H and O–H groups in total. The Morgan fingerprint density at radius 2 is 2.25 bits per heavy atom. The van der Waals surface area contributed by atoms with E-state index in [0.29, 0.717) is 6.04 Å². The lowest BCUT2D eigenvalue weighted by Gasteiger charge is -2.14. The van der Waals surface area contributed by atoms with Gasteiger partial charge in [0.05, 0.1) is 12.3 Å². The van der Waals surface area contributed by atoms with Crippen LogP contribution in [0.1, 0.15) is 31.4 Å². The van der Waals surface area contributed by atoms with Gasteiger partial charge in [-0.05, 0) is 50.4 Å². The number of anilines is 1. The van der Waals surface area contributed by atoms with Crippen LogP contribution in [0.2, 0.25) is 0 Å². The molecule has 1 fully saturated rings. The van der Waals surface area contributed by atoms with Crippen molar-refractivity contribution in [1.82, 2.24) is 5.32 Å². The number of nitrogen functional groups attached to an aromatic ring is 1. The van der Waals surface area contributed by atoms with E-state index < -0.39 is 0 Å². The Kier molecular flexibility index (Phi) is 3.34. The first-order chi connectivity index (χ1) is 7.70. The van der Waals surface area contributed by atoms with E-state index in [-0.39, 0.29) is 0 Å². The first-order valence-electron chi connectivity index (χ1n) is 5.90. The van der Waals surface area contributed by atoms with Gasteiger partial charge in [-0.1, -0.05) is 6.07 Å². The third-order valence-corrected chi connectivity index (χ3v) is 3.14. The predicted molar refractivity (Wildman–Crippen MR) is 66.5 cm³/mol. The van der Waals surface area contributed by atoms with Crippen LogP contribution in [0.25, 0.3) is 0 Å². The van der Waals surface area contributed by atoms with E-state index in [0.717, 1.165) is 24.0 Å². The van der Waals surface area contributed by atoms with Crippen molar-refractivity contribution in [2.75, 3.05) is 19.4 Å². The molecule has 0 heterocycles. The molecule has 0 spiro atoms. The largest absolute Gasteiger partial charge is 0.491 e. The molecule has 3 nitrogen and oxygen atoms in total. The van der Waals surface area contributed by atoms with Crippen LogP contribution in [-0.4, -0.2) is 13.7 Å². The normalized spacial score (nSPS) is 17.1. The highest BCUT2D eigenvalue weighted by molar-refractivity contribution is 5.54. The van der Waals surface area contributed by atoms with Crippen LogP contribution in [0.3, 0.4) is 0 Å². The quantitative estimate of drug-likeness (QED) is 0.749. The maximum atomic E-state index is 5.89. The van der Waals surface area contributed by atoms with Gasteiger partial charge in [0, 0.05) is 6.04 Å². The van der Waals surface area contributed by atoms with Crippen molar-refractivity contribution in [2.45, 2.75) is 25.8 Å². The van der Waals surface area contributed by atoms with Crippen LogP contribution in [0.5, 0.6) is 5.75 Å². The van der Waals surface area contributed by atoms with Crippen molar-refractivity contribution in [3.8, 4) is 5.75 Å². The smallest absolute Gasteiger partial charge is 0.142 e. The van der Waals surface area contributed by atoms with Gasteiger partial charge in [0.25, 0.3) is 0 Å². The van der Waals surface area contributed by atoms with E-state index in [4.69, 9.17) is 10.5 Å². The van der Waals surface area contributed by atoms with Crippen molar-refractivity contribution in [3.05, 3.63) is 23.8 Å². The Morgan fingerprint density at radius 3 is 2.88 bits per heavy atom. The molecule has 3 heteroatoms. The fourth-order valence-electron chi connectivity index (χ4n) is 1.60. The van der Waals surface area contributed by atoms with Crippen molar-refractivity contribution in [2.24, 2.45) is 5.92 Å². The van der Waals surface area contributed by atoms with Crippen molar-refractivity contribution >= 4 is 5.69 Å². The average molecular weight is 220 g/mol. The molecular weight excluding hydrogens is 200 g/mol. The summed E-state index contributed by atoms with van der Waals surface area (Å²) in [6.45, 7) is 2.93. The number of hydrogen-bond donors (Lipinski definition) is 2. The van der Waals surface area contributed by atoms with Gasteiger partial charge in [0.2, 0.25) is 0 Å². The average Bonchev–Trinajstić information content (AvgIpc) is 3.11. The zero-order valence-corrected chi connectivity index (χ0v) is 9.99. The highest BCUT2D eigenvalue weighted by Gasteiger charge is 2.22. The molecule has 1 aliphatic rings. The SMILES string of the molecule is CN[C@H](C)c1ccc(N)c(OCC2CC2)c1. The van der Waals surface area contributed by atoms with E-state index in [1.807, 2.05) is 25.2 Å². The molecule has 1 aromatic rings. The molecule has 88 valence electrons. The maximum absolute atomic E-state index is 5.89. The van der Waals surface area contributed by atoms with Crippen LogP contribution in [0.4, 0.5) is 5.69 Å². The van der Waals surface area contributed by atoms with Gasteiger partial charge >= 0.3 is 0 Å². The summed E-state index contributed by atoms with van der Waals surface area (Å²) in [5.41, 5.74) is 7.83. The third kappa shape index (κ3) is 2.67. The molecule has 2 rings (SSSR count). The molecule has 1 atom stereocenters. The fourth-order valence-corrected chi connectivity index (χ4v) is 1.60. The van der Waals surface area contributed by atoms with Gasteiger partial charge < -0.3 is 15.8 Å². The Balaban J connectivity index is 2.07. The Labute approximate surface area is 97.0 Å². The fraction of sp³-hybridized carbons (Fsp3) is 0.538. The van der Waals surface area contributed by atoms with Gasteiger partial charge in [0.1, 0.15) is 5.75 Å². The molecule has 0 aromatic heterocycles. The molecule has 16 heavy (non-hydrogen) atoms. The molecule has 0 radical (unpaired) electrons. The van der Waals surface area contributed by atoms with E-state index >= 15 is 0 Å². The highest BCUT2D eigenvalue weighted by Crippen LogP contribution is 2.32. The van der Waals surface area contributed by atoms with Crippen LogP contribution >= 0.6 is 0 Å². The topological polar surface area (TPSA) is 47.3 Å². The second kappa shape index (κ2) is 4.74. The first kappa shape index (κ1) is 11.3. The summed E-state index contributed by atoms with van der Waals surface area (Å²) < 4.78 is 5.74. The number of benzene rings is 1. The van der Waals surface area contributed by atoms with E-state index in [2.05, 4.69) is 12.2 Å². The summed E-state index contributed by atoms with van der Waals surface area (Å²) in [5.74, 6) is 1.58. The molecule has 1 saturated carbocycles. The Bertz CT molecular complexity index is 361. The van der Waals surface area contributed by atoms with Crippen LogP contribution in [0, 0.1) is 5.92 Å². The van der Waals surface area contributed by atoms with Crippen LogP contribution in [-0.2, 0) is 0 Å². The summed E-state index contributed by atoms with van der Waals surface area (Å²) in [7, 11) is 1.95. The number of rotatable bonds is 5. The lowest BCUT2D eigenvalue weighted by Crippen LogP contribution is -2.12. The predicted octanol–water partition coefficient (Wildman–Crippen LogP) is 2.34. The third-order valence-electron chi connectivity index (χ3n) is 3.14. The van der Waals surface area contributed by atoms with Crippen LogP contribution < -0.4 is 15.8 Å². The molecule has 0 saturated heterocycles. The summed E-state index contributed by atoms with van der Waals surface area (Å²) >= 11 is 0. The molecule has 0 bridgehead atoms. The minimum atomic E-state index is 0.323. The number of nitrogens with one attached hydrogen (secondary N) is 1. The number of nitrogens with two attached hydrogens (primary N) is 1. The van der Waals surface area contributed by atoms with Crippen molar-refractivity contribution in [1.29, 1.82) is 0 Å². The highest BCUT2D eigenvalue weighted by atomic mass is 16.5. The number of ether oxygens (including phenoxy) is 1. The molecule has 1 aliphatic carbocycles. The molecule has 1 aromatic carbocycles. The second-order valence-electron chi connectivity index (χ2n) is 4.56. The summed E-state index contributed by atoms with van der Waals surface area (Å²) in [4.78, 5) is 0. The minimum absolute atomic E-state index is 0.323. The Hall–Kier alpha value is -1.22. The number of hydrogen-bond acceptors (Lipinski definition) is 3. The van der Waals surface area contributed by atoms with Gasteiger partial charge in [-0.3, -0.25) is 0 Å². The van der Waals surface area contributed by atoms with Gasteiger partial charge in [-0.25, -0.2) is 0 Å². The van der Waals surface area contributed by atoms with Crippen molar-refractivity contribution < 1.29 is 4.74 Å². The monoisotopic (exact) mass is 220 g/mol. The second-order valence-corrected chi connectivity index (χ2v) is 4.56. The zero-order chi connectivity index (χ0) is 11.5. The van der Waals surface area contributed by atoms with E-state index in [1.54, 1.807) is 0 Å². The maximum Gasteiger partial charge on any atom is 0.142 e. The molecule has 0 amide bonds.